The summed E-state index contributed by atoms with van der Waals surface area (Å²) in [5.41, 5.74) is 2.96. The first kappa shape index (κ1) is 13.6. The molecule has 18 heavy (non-hydrogen) atoms. The van der Waals surface area contributed by atoms with Crippen LogP contribution < -0.4 is 11.3 Å². The Bertz CT molecular complexity index is 451. The standard InChI is InChI=1S/C11H15BrN4OS/c1-16(8-2-3-18-6-8)11(17)9-4-7(12)5-14-10(9)15-13/h4-5,8H,2-3,6,13H2,1H3,(H,14,15). The van der Waals surface area contributed by atoms with E-state index in [9.17, 15) is 4.79 Å². The molecule has 1 amide bonds. The van der Waals surface area contributed by atoms with Crippen molar-refractivity contribution in [2.24, 2.45) is 5.84 Å². The molecule has 1 saturated heterocycles. The monoisotopic (exact) mass is 330 g/mol. The minimum atomic E-state index is -0.0516. The molecule has 1 unspecified atom stereocenters. The van der Waals surface area contributed by atoms with Crippen LogP contribution in [0, 0.1) is 0 Å². The van der Waals surface area contributed by atoms with Crippen molar-refractivity contribution in [3.8, 4) is 0 Å². The van der Waals surface area contributed by atoms with Crippen LogP contribution in [0.5, 0.6) is 0 Å². The van der Waals surface area contributed by atoms with Crippen LogP contribution in [0.25, 0.3) is 0 Å². The summed E-state index contributed by atoms with van der Waals surface area (Å²) in [6.45, 7) is 0. The van der Waals surface area contributed by atoms with Crippen LogP contribution in [-0.2, 0) is 0 Å². The Labute approximate surface area is 119 Å². The SMILES string of the molecule is CN(C(=O)c1cc(Br)cnc1NN)C1CCSC1. The molecular weight excluding hydrogens is 316 g/mol. The summed E-state index contributed by atoms with van der Waals surface area (Å²) in [5.74, 6) is 7.85. The highest BCUT2D eigenvalue weighted by Gasteiger charge is 2.26. The van der Waals surface area contributed by atoms with E-state index in [2.05, 4.69) is 26.3 Å². The second kappa shape index (κ2) is 5.90. The van der Waals surface area contributed by atoms with Gasteiger partial charge in [-0.2, -0.15) is 11.8 Å². The van der Waals surface area contributed by atoms with Crippen molar-refractivity contribution in [3.63, 3.8) is 0 Å². The van der Waals surface area contributed by atoms with E-state index in [1.165, 1.54) is 0 Å². The summed E-state index contributed by atoms with van der Waals surface area (Å²) < 4.78 is 0.763. The number of hydrogen-bond acceptors (Lipinski definition) is 5. The lowest BCUT2D eigenvalue weighted by atomic mass is 10.1. The van der Waals surface area contributed by atoms with Gasteiger partial charge in [0.25, 0.3) is 5.91 Å². The van der Waals surface area contributed by atoms with Gasteiger partial charge in [-0.15, -0.1) is 0 Å². The van der Waals surface area contributed by atoms with Crippen molar-refractivity contribution in [1.82, 2.24) is 9.88 Å². The first-order chi connectivity index (χ1) is 8.63. The van der Waals surface area contributed by atoms with Gasteiger partial charge in [-0.1, -0.05) is 0 Å². The molecule has 1 fully saturated rings. The van der Waals surface area contributed by atoms with Crippen LogP contribution in [0.1, 0.15) is 16.8 Å². The maximum atomic E-state index is 12.4. The molecule has 0 bridgehead atoms. The number of halogens is 1. The molecule has 0 aromatic carbocycles. The minimum absolute atomic E-state index is 0.0516. The molecule has 1 aliphatic heterocycles. The molecule has 3 N–H and O–H groups in total. The number of anilines is 1. The van der Waals surface area contributed by atoms with Crippen molar-refractivity contribution in [2.45, 2.75) is 12.5 Å². The van der Waals surface area contributed by atoms with Gasteiger partial charge in [0.1, 0.15) is 0 Å². The fourth-order valence-electron chi connectivity index (χ4n) is 1.90. The summed E-state index contributed by atoms with van der Waals surface area (Å²) in [5, 5.41) is 0. The number of hydrazine groups is 1. The van der Waals surface area contributed by atoms with Crippen molar-refractivity contribution in [1.29, 1.82) is 0 Å². The molecule has 5 nitrogen and oxygen atoms in total. The lowest BCUT2D eigenvalue weighted by Gasteiger charge is -2.24. The molecule has 2 heterocycles. The smallest absolute Gasteiger partial charge is 0.257 e. The second-order valence-electron chi connectivity index (χ2n) is 4.13. The molecule has 1 aromatic heterocycles. The fraction of sp³-hybridized carbons (Fsp3) is 0.455. The van der Waals surface area contributed by atoms with E-state index < -0.39 is 0 Å². The summed E-state index contributed by atoms with van der Waals surface area (Å²) in [4.78, 5) is 18.3. The lowest BCUT2D eigenvalue weighted by Crippen LogP contribution is -2.37. The molecule has 98 valence electrons. The van der Waals surface area contributed by atoms with E-state index >= 15 is 0 Å². The number of thioether (sulfide) groups is 1. The van der Waals surface area contributed by atoms with Gasteiger partial charge in [-0.05, 0) is 34.2 Å². The Morgan fingerprint density at radius 2 is 2.50 bits per heavy atom. The predicted molar refractivity (Wildman–Crippen MR) is 77.6 cm³/mol. The number of carbonyl (C=O) groups excluding carboxylic acids is 1. The van der Waals surface area contributed by atoms with Crippen LogP contribution in [0.2, 0.25) is 0 Å². The Morgan fingerprint density at radius 1 is 1.72 bits per heavy atom. The number of nitrogens with one attached hydrogen (secondary N) is 1. The Balaban J connectivity index is 2.24. The largest absolute Gasteiger partial charge is 0.338 e. The quantitative estimate of drug-likeness (QED) is 0.652. The first-order valence-electron chi connectivity index (χ1n) is 5.60. The number of carbonyl (C=O) groups is 1. The van der Waals surface area contributed by atoms with Crippen molar-refractivity contribution >= 4 is 39.4 Å². The minimum Gasteiger partial charge on any atom is -0.338 e. The molecule has 1 aromatic rings. The van der Waals surface area contributed by atoms with E-state index in [1.54, 1.807) is 17.2 Å². The number of pyridine rings is 1. The van der Waals surface area contributed by atoms with Gasteiger partial charge in [0, 0.05) is 29.5 Å². The van der Waals surface area contributed by atoms with Gasteiger partial charge >= 0.3 is 0 Å². The van der Waals surface area contributed by atoms with E-state index in [1.807, 2.05) is 18.8 Å². The third-order valence-electron chi connectivity index (χ3n) is 3.00. The molecule has 0 spiro atoms. The number of nitrogens with zero attached hydrogens (tertiary/aromatic N) is 2. The van der Waals surface area contributed by atoms with E-state index in [0.29, 0.717) is 17.4 Å². The van der Waals surface area contributed by atoms with E-state index in [4.69, 9.17) is 5.84 Å². The molecular formula is C11H15BrN4OS. The maximum absolute atomic E-state index is 12.4. The highest BCUT2D eigenvalue weighted by atomic mass is 79.9. The Hall–Kier alpha value is -0.790. The summed E-state index contributed by atoms with van der Waals surface area (Å²) in [6, 6.07) is 2.04. The molecule has 2 rings (SSSR count). The van der Waals surface area contributed by atoms with E-state index in [0.717, 1.165) is 22.4 Å². The molecule has 0 aliphatic carbocycles. The van der Waals surface area contributed by atoms with Crippen LogP contribution >= 0.6 is 27.7 Å². The Kier molecular flexibility index (Phi) is 4.47. The molecule has 0 radical (unpaired) electrons. The molecule has 0 saturated carbocycles. The van der Waals surface area contributed by atoms with Gasteiger partial charge in [0.05, 0.1) is 5.56 Å². The number of amides is 1. The van der Waals surface area contributed by atoms with Crippen molar-refractivity contribution < 1.29 is 4.79 Å². The summed E-state index contributed by atoms with van der Waals surface area (Å²) in [7, 11) is 1.83. The van der Waals surface area contributed by atoms with Crippen molar-refractivity contribution in [2.75, 3.05) is 24.0 Å². The van der Waals surface area contributed by atoms with Gasteiger partial charge in [0.2, 0.25) is 0 Å². The normalized spacial score (nSPS) is 18.7. The topological polar surface area (TPSA) is 71.2 Å². The Morgan fingerprint density at radius 3 is 3.11 bits per heavy atom. The average Bonchev–Trinajstić information content (AvgIpc) is 2.90. The van der Waals surface area contributed by atoms with Crippen LogP contribution in [-0.4, -0.2) is 40.4 Å². The number of aromatic nitrogens is 1. The van der Waals surface area contributed by atoms with Gasteiger partial charge in [0.15, 0.2) is 5.82 Å². The second-order valence-corrected chi connectivity index (χ2v) is 6.19. The van der Waals surface area contributed by atoms with Gasteiger partial charge < -0.3 is 10.3 Å². The molecule has 1 atom stereocenters. The number of rotatable bonds is 3. The fourth-order valence-corrected chi connectivity index (χ4v) is 3.50. The third kappa shape index (κ3) is 2.78. The summed E-state index contributed by atoms with van der Waals surface area (Å²) in [6.07, 6.45) is 2.65. The van der Waals surface area contributed by atoms with Gasteiger partial charge in [-0.3, -0.25) is 4.79 Å². The van der Waals surface area contributed by atoms with Crippen LogP contribution in [0.15, 0.2) is 16.7 Å². The van der Waals surface area contributed by atoms with E-state index in [-0.39, 0.29) is 5.91 Å². The van der Waals surface area contributed by atoms with Crippen LogP contribution in [0.4, 0.5) is 5.82 Å². The number of hydrogen-bond donors (Lipinski definition) is 2. The highest BCUT2D eigenvalue weighted by Crippen LogP contribution is 2.25. The average molecular weight is 331 g/mol. The zero-order valence-electron chi connectivity index (χ0n) is 10.0. The molecule has 7 heteroatoms. The molecule has 1 aliphatic rings. The summed E-state index contributed by atoms with van der Waals surface area (Å²) >= 11 is 5.20. The van der Waals surface area contributed by atoms with Gasteiger partial charge in [-0.25, -0.2) is 10.8 Å². The third-order valence-corrected chi connectivity index (χ3v) is 4.57. The lowest BCUT2D eigenvalue weighted by molar-refractivity contribution is 0.0748. The first-order valence-corrected chi connectivity index (χ1v) is 7.55. The zero-order chi connectivity index (χ0) is 13.1. The highest BCUT2D eigenvalue weighted by molar-refractivity contribution is 9.10. The maximum Gasteiger partial charge on any atom is 0.257 e. The number of nitrogen functional groups attached to an aromatic ring is 1. The van der Waals surface area contributed by atoms with Crippen molar-refractivity contribution in [3.05, 3.63) is 22.3 Å². The zero-order valence-corrected chi connectivity index (χ0v) is 12.4. The van der Waals surface area contributed by atoms with Crippen LogP contribution in [0.3, 0.4) is 0 Å². The number of nitrogens with two attached hydrogens (primary N) is 1. The predicted octanol–water partition coefficient (Wildman–Crippen LogP) is 1.71.